The first-order valence-corrected chi connectivity index (χ1v) is 3.31. The average Bonchev–Trinajstić information content (AvgIpc) is 2.00. The second kappa shape index (κ2) is 5.31. The highest BCUT2D eigenvalue weighted by Gasteiger charge is 2.03. The lowest BCUT2D eigenvalue weighted by Crippen LogP contribution is -2.43. The van der Waals surface area contributed by atoms with Crippen molar-refractivity contribution in [1.29, 1.82) is 0 Å². The zero-order chi connectivity index (χ0) is 9.56. The van der Waals surface area contributed by atoms with Gasteiger partial charge in [-0.15, -0.1) is 0 Å². The van der Waals surface area contributed by atoms with Crippen LogP contribution in [0.4, 0.5) is 0 Å². The Morgan fingerprint density at radius 2 is 2.00 bits per heavy atom. The van der Waals surface area contributed by atoms with E-state index in [1.54, 1.807) is 0 Å². The lowest BCUT2D eigenvalue weighted by Gasteiger charge is -2.05. The topological polar surface area (TPSA) is 67.4 Å². The summed E-state index contributed by atoms with van der Waals surface area (Å²) in [6.45, 7) is 4.84. The summed E-state index contributed by atoms with van der Waals surface area (Å²) in [5.41, 5.74) is 4.62. The van der Waals surface area contributed by atoms with Gasteiger partial charge in [0, 0.05) is 12.7 Å². The van der Waals surface area contributed by atoms with Crippen molar-refractivity contribution < 1.29 is 14.3 Å². The van der Waals surface area contributed by atoms with Crippen molar-refractivity contribution in [3.05, 3.63) is 12.2 Å². The van der Waals surface area contributed by atoms with Crippen LogP contribution in [0.5, 0.6) is 0 Å². The predicted octanol–water partition coefficient (Wildman–Crippen LogP) is -0.644. The Bertz CT molecular complexity index is 201. The first-order chi connectivity index (χ1) is 5.57. The van der Waals surface area contributed by atoms with Crippen molar-refractivity contribution in [1.82, 2.24) is 10.9 Å². The monoisotopic (exact) mass is 172 g/mol. The highest BCUT2D eigenvalue weighted by molar-refractivity contribution is 5.93. The molecular weight excluding hydrogens is 160 g/mol. The first-order valence-electron chi connectivity index (χ1n) is 3.31. The van der Waals surface area contributed by atoms with Gasteiger partial charge in [0.2, 0.25) is 0 Å². The molecule has 0 aliphatic carbocycles. The molecule has 0 aromatic rings. The van der Waals surface area contributed by atoms with Crippen LogP contribution in [0.1, 0.15) is 6.92 Å². The molecule has 2 amide bonds. The van der Waals surface area contributed by atoms with E-state index in [9.17, 15) is 9.59 Å². The second-order valence-corrected chi connectivity index (χ2v) is 2.22. The summed E-state index contributed by atoms with van der Waals surface area (Å²) < 4.78 is 4.51. The molecule has 5 nitrogen and oxygen atoms in total. The number of carbonyl (C=O) groups excluding carboxylic acids is 2. The van der Waals surface area contributed by atoms with E-state index in [2.05, 4.69) is 22.2 Å². The first kappa shape index (κ1) is 10.6. The summed E-state index contributed by atoms with van der Waals surface area (Å²) in [5.74, 6) is -0.827. The van der Waals surface area contributed by atoms with Gasteiger partial charge in [-0.2, -0.15) is 0 Å². The molecule has 0 aliphatic rings. The zero-order valence-corrected chi connectivity index (χ0v) is 7.14. The summed E-state index contributed by atoms with van der Waals surface area (Å²) in [7, 11) is 1.39. The van der Waals surface area contributed by atoms with Crippen LogP contribution in [0.25, 0.3) is 0 Å². The van der Waals surface area contributed by atoms with Crippen LogP contribution in [0.3, 0.4) is 0 Å². The Labute approximate surface area is 70.7 Å². The minimum Gasteiger partial charge on any atom is -0.375 e. The Hall–Kier alpha value is -1.36. The fourth-order valence-corrected chi connectivity index (χ4v) is 0.400. The van der Waals surface area contributed by atoms with Crippen molar-refractivity contribution in [3.63, 3.8) is 0 Å². The number of hydrogen-bond acceptors (Lipinski definition) is 3. The number of rotatable bonds is 3. The number of hydrazine groups is 1. The van der Waals surface area contributed by atoms with Gasteiger partial charge in [-0.25, -0.2) is 0 Å². The van der Waals surface area contributed by atoms with E-state index in [0.29, 0.717) is 5.57 Å². The average molecular weight is 172 g/mol. The molecule has 5 heteroatoms. The molecule has 0 atom stereocenters. The molecule has 0 heterocycles. The summed E-state index contributed by atoms with van der Waals surface area (Å²) in [4.78, 5) is 21.5. The fourth-order valence-electron chi connectivity index (χ4n) is 0.400. The lowest BCUT2D eigenvalue weighted by molar-refractivity contribution is -0.129. The number of amides is 2. The Morgan fingerprint density at radius 1 is 1.42 bits per heavy atom. The van der Waals surface area contributed by atoms with E-state index in [1.807, 2.05) is 0 Å². The molecule has 2 N–H and O–H groups in total. The molecule has 0 aromatic carbocycles. The quantitative estimate of drug-likeness (QED) is 0.439. The maximum absolute atomic E-state index is 10.8. The largest absolute Gasteiger partial charge is 0.375 e. The molecule has 68 valence electrons. The standard InChI is InChI=1S/C7H12N2O3/c1-5(2)7(11)9-8-6(10)4-12-3/h1,4H2,2-3H3,(H,8,10)(H,9,11). The SMILES string of the molecule is C=C(C)C(=O)NNC(=O)COC. The second-order valence-electron chi connectivity index (χ2n) is 2.22. The van der Waals surface area contributed by atoms with Crippen LogP contribution >= 0.6 is 0 Å². The summed E-state index contributed by atoms with van der Waals surface area (Å²) in [6, 6.07) is 0. The number of ether oxygens (including phenoxy) is 1. The van der Waals surface area contributed by atoms with E-state index in [4.69, 9.17) is 0 Å². The number of hydrogen-bond donors (Lipinski definition) is 2. The fraction of sp³-hybridized carbons (Fsp3) is 0.429. The number of nitrogens with one attached hydrogen (secondary N) is 2. The van der Waals surface area contributed by atoms with Crippen molar-refractivity contribution >= 4 is 11.8 Å². The lowest BCUT2D eigenvalue weighted by atomic mass is 10.3. The van der Waals surface area contributed by atoms with Gasteiger partial charge in [-0.3, -0.25) is 20.4 Å². The molecule has 12 heavy (non-hydrogen) atoms. The third-order valence-electron chi connectivity index (χ3n) is 0.979. The van der Waals surface area contributed by atoms with Gasteiger partial charge in [0.15, 0.2) is 0 Å². The van der Waals surface area contributed by atoms with Gasteiger partial charge < -0.3 is 4.74 Å². The van der Waals surface area contributed by atoms with Gasteiger partial charge in [-0.05, 0) is 6.92 Å². The van der Waals surface area contributed by atoms with Gasteiger partial charge in [0.05, 0.1) is 0 Å². The van der Waals surface area contributed by atoms with Crippen LogP contribution in [-0.2, 0) is 14.3 Å². The minimum absolute atomic E-state index is 0.0868. The van der Waals surface area contributed by atoms with Gasteiger partial charge in [0.25, 0.3) is 11.8 Å². The maximum Gasteiger partial charge on any atom is 0.264 e. The van der Waals surface area contributed by atoms with E-state index < -0.39 is 11.8 Å². The zero-order valence-electron chi connectivity index (χ0n) is 7.14. The highest BCUT2D eigenvalue weighted by Crippen LogP contribution is 1.82. The molecule has 0 spiro atoms. The molecule has 0 aromatic heterocycles. The van der Waals surface area contributed by atoms with Crippen LogP contribution in [0, 0.1) is 0 Å². The van der Waals surface area contributed by atoms with E-state index in [-0.39, 0.29) is 6.61 Å². The van der Waals surface area contributed by atoms with Crippen LogP contribution in [0.2, 0.25) is 0 Å². The van der Waals surface area contributed by atoms with Crippen LogP contribution in [-0.4, -0.2) is 25.5 Å². The third-order valence-corrected chi connectivity index (χ3v) is 0.979. The number of carbonyl (C=O) groups is 2. The number of methoxy groups -OCH3 is 1. The molecule has 0 saturated carbocycles. The van der Waals surface area contributed by atoms with Gasteiger partial charge >= 0.3 is 0 Å². The Kier molecular flexibility index (Phi) is 4.71. The van der Waals surface area contributed by atoms with Crippen LogP contribution < -0.4 is 10.9 Å². The summed E-state index contributed by atoms with van der Waals surface area (Å²) >= 11 is 0. The molecule has 0 unspecified atom stereocenters. The molecular formula is C7H12N2O3. The highest BCUT2D eigenvalue weighted by atomic mass is 16.5. The van der Waals surface area contributed by atoms with Crippen molar-refractivity contribution in [2.45, 2.75) is 6.92 Å². The smallest absolute Gasteiger partial charge is 0.264 e. The van der Waals surface area contributed by atoms with E-state index >= 15 is 0 Å². The van der Waals surface area contributed by atoms with Crippen molar-refractivity contribution in [2.24, 2.45) is 0 Å². The minimum atomic E-state index is -0.417. The normalized spacial score (nSPS) is 8.83. The molecule has 0 radical (unpaired) electrons. The third kappa shape index (κ3) is 4.45. The molecule has 0 aliphatic heterocycles. The van der Waals surface area contributed by atoms with Gasteiger partial charge in [0.1, 0.15) is 6.61 Å². The summed E-state index contributed by atoms with van der Waals surface area (Å²) in [5, 5.41) is 0. The van der Waals surface area contributed by atoms with Crippen LogP contribution in [0.15, 0.2) is 12.2 Å². The van der Waals surface area contributed by atoms with Gasteiger partial charge in [-0.1, -0.05) is 6.58 Å². The Balaban J connectivity index is 3.61. The van der Waals surface area contributed by atoms with Crippen molar-refractivity contribution in [2.75, 3.05) is 13.7 Å². The molecule has 0 rings (SSSR count). The van der Waals surface area contributed by atoms with Crippen molar-refractivity contribution in [3.8, 4) is 0 Å². The molecule has 0 saturated heterocycles. The summed E-state index contributed by atoms with van der Waals surface area (Å²) in [6.07, 6.45) is 0. The maximum atomic E-state index is 10.8. The molecule has 0 fully saturated rings. The molecule has 0 bridgehead atoms. The predicted molar refractivity (Wildman–Crippen MR) is 43.0 cm³/mol. The van der Waals surface area contributed by atoms with E-state index in [0.717, 1.165) is 0 Å². The Morgan fingerprint density at radius 3 is 2.42 bits per heavy atom. The van der Waals surface area contributed by atoms with E-state index in [1.165, 1.54) is 14.0 Å².